The molecule has 7 heteroatoms. The van der Waals surface area contributed by atoms with Crippen molar-refractivity contribution in [3.63, 3.8) is 0 Å². The Balaban J connectivity index is 1.89. The maximum absolute atomic E-state index is 12.6. The van der Waals surface area contributed by atoms with Crippen LogP contribution in [0.25, 0.3) is 0 Å². The Morgan fingerprint density at radius 1 is 1.03 bits per heavy atom. The molecule has 0 atom stereocenters. The number of nitrogens with zero attached hydrogens (tertiary/aromatic N) is 2. The zero-order valence-corrected chi connectivity index (χ0v) is 17.6. The quantitative estimate of drug-likeness (QED) is 0.648. The molecule has 0 bridgehead atoms. The first kappa shape index (κ1) is 20.6. The monoisotopic (exact) mass is 410 g/mol. The molecule has 0 spiro atoms. The Morgan fingerprint density at radius 3 is 2.41 bits per heavy atom. The van der Waals surface area contributed by atoms with Gasteiger partial charge in [0.2, 0.25) is 11.9 Å². The lowest BCUT2D eigenvalue weighted by atomic mass is 10.1. The molecule has 0 aliphatic carbocycles. The number of carbonyl (C=O) groups is 1. The number of nitrogens with one attached hydrogen (secondary N) is 2. The highest BCUT2D eigenvalue weighted by Gasteiger charge is 2.13. The van der Waals surface area contributed by atoms with E-state index in [-0.39, 0.29) is 18.0 Å². The van der Waals surface area contributed by atoms with E-state index in [0.717, 1.165) is 22.4 Å². The van der Waals surface area contributed by atoms with Gasteiger partial charge in [-0.3, -0.25) is 14.2 Å². The van der Waals surface area contributed by atoms with Crippen LogP contribution in [0.3, 0.4) is 0 Å². The van der Waals surface area contributed by atoms with E-state index in [0.29, 0.717) is 22.4 Å². The lowest BCUT2D eigenvalue weighted by molar-refractivity contribution is -0.116. The van der Waals surface area contributed by atoms with Gasteiger partial charge in [0.1, 0.15) is 6.54 Å². The van der Waals surface area contributed by atoms with E-state index in [1.54, 1.807) is 19.1 Å². The van der Waals surface area contributed by atoms with Crippen LogP contribution in [-0.2, 0) is 11.3 Å². The van der Waals surface area contributed by atoms with Crippen LogP contribution >= 0.6 is 11.6 Å². The highest BCUT2D eigenvalue weighted by atomic mass is 35.5. The van der Waals surface area contributed by atoms with Crippen LogP contribution in [0.15, 0.2) is 47.3 Å². The number of hydrogen-bond donors (Lipinski definition) is 2. The average molecular weight is 411 g/mol. The van der Waals surface area contributed by atoms with Crippen molar-refractivity contribution in [2.45, 2.75) is 34.2 Å². The van der Waals surface area contributed by atoms with Gasteiger partial charge < -0.3 is 10.6 Å². The lowest BCUT2D eigenvalue weighted by Crippen LogP contribution is -2.30. The predicted octanol–water partition coefficient (Wildman–Crippen LogP) is 4.51. The summed E-state index contributed by atoms with van der Waals surface area (Å²) >= 11 is 6.02. The summed E-state index contributed by atoms with van der Waals surface area (Å²) in [4.78, 5) is 29.6. The topological polar surface area (TPSA) is 76.0 Å². The van der Waals surface area contributed by atoms with Gasteiger partial charge in [-0.2, -0.15) is 0 Å². The highest BCUT2D eigenvalue weighted by molar-refractivity contribution is 6.31. The molecule has 2 N–H and O–H groups in total. The minimum Gasteiger partial charge on any atom is -0.325 e. The molecule has 0 aliphatic rings. The van der Waals surface area contributed by atoms with Crippen molar-refractivity contribution in [2.24, 2.45) is 0 Å². The second-order valence-electron chi connectivity index (χ2n) is 7.15. The number of benzene rings is 2. The number of aryl methyl sites for hydroxylation is 4. The zero-order chi connectivity index (χ0) is 21.1. The molecule has 3 rings (SSSR count). The molecular formula is C22H23ClN4O2. The number of rotatable bonds is 5. The van der Waals surface area contributed by atoms with E-state index in [1.165, 1.54) is 10.6 Å². The Labute approximate surface area is 174 Å². The van der Waals surface area contributed by atoms with Gasteiger partial charge in [-0.15, -0.1) is 0 Å². The minimum atomic E-state index is -0.341. The molecule has 1 aromatic heterocycles. The van der Waals surface area contributed by atoms with Crippen molar-refractivity contribution in [3.05, 3.63) is 80.2 Å². The van der Waals surface area contributed by atoms with Gasteiger partial charge >= 0.3 is 0 Å². The second kappa shape index (κ2) is 8.49. The number of hydrogen-bond acceptors (Lipinski definition) is 4. The maximum Gasteiger partial charge on any atom is 0.255 e. The fraction of sp³-hybridized carbons (Fsp3) is 0.227. The number of aromatic nitrogens is 2. The van der Waals surface area contributed by atoms with Crippen molar-refractivity contribution in [2.75, 3.05) is 10.6 Å². The van der Waals surface area contributed by atoms with Crippen LogP contribution in [0.5, 0.6) is 0 Å². The normalized spacial score (nSPS) is 10.7. The van der Waals surface area contributed by atoms with E-state index < -0.39 is 0 Å². The molecule has 1 heterocycles. The molecule has 0 saturated carbocycles. The summed E-state index contributed by atoms with van der Waals surface area (Å²) in [6.07, 6.45) is 0. The molecule has 0 fully saturated rings. The van der Waals surface area contributed by atoms with Crippen LogP contribution in [0.1, 0.15) is 22.4 Å². The summed E-state index contributed by atoms with van der Waals surface area (Å²) in [5.41, 5.74) is 4.74. The second-order valence-corrected chi connectivity index (χ2v) is 7.59. The minimum absolute atomic E-state index is 0.175. The standard InChI is InChI=1S/C22H23ClN4O2/c1-13-7-14(2)9-18(8-13)25-22-24-16(4)10-21(29)27(22)12-20(28)26-19-11-17(23)6-5-15(19)3/h5-11H,12H2,1-4H3,(H,24,25)(H,26,28). The van der Waals surface area contributed by atoms with Crippen molar-refractivity contribution in [3.8, 4) is 0 Å². The van der Waals surface area contributed by atoms with E-state index in [1.807, 2.05) is 39.0 Å². The number of anilines is 3. The fourth-order valence-corrected chi connectivity index (χ4v) is 3.28. The predicted molar refractivity (Wildman–Crippen MR) is 117 cm³/mol. The molecule has 0 aliphatic heterocycles. The summed E-state index contributed by atoms with van der Waals surface area (Å²) in [5.74, 6) is -0.0236. The van der Waals surface area contributed by atoms with Crippen LogP contribution in [0, 0.1) is 27.7 Å². The van der Waals surface area contributed by atoms with Gasteiger partial charge in [0.05, 0.1) is 0 Å². The van der Waals surface area contributed by atoms with Crippen molar-refractivity contribution in [1.82, 2.24) is 9.55 Å². The molecule has 6 nitrogen and oxygen atoms in total. The largest absolute Gasteiger partial charge is 0.325 e. The van der Waals surface area contributed by atoms with E-state index in [2.05, 4.69) is 21.7 Å². The van der Waals surface area contributed by atoms with Gasteiger partial charge in [0, 0.05) is 28.2 Å². The number of amides is 1. The SMILES string of the molecule is Cc1cc(C)cc(Nc2nc(C)cc(=O)n2CC(=O)Nc2cc(Cl)ccc2C)c1. The molecule has 3 aromatic rings. The molecule has 0 unspecified atom stereocenters. The Kier molecular flexibility index (Phi) is 6.03. The van der Waals surface area contributed by atoms with E-state index >= 15 is 0 Å². The van der Waals surface area contributed by atoms with Crippen molar-refractivity contribution < 1.29 is 4.79 Å². The van der Waals surface area contributed by atoms with Crippen LogP contribution in [0.2, 0.25) is 5.02 Å². The van der Waals surface area contributed by atoms with Crippen LogP contribution < -0.4 is 16.2 Å². The van der Waals surface area contributed by atoms with Crippen molar-refractivity contribution in [1.29, 1.82) is 0 Å². The summed E-state index contributed by atoms with van der Waals surface area (Å²) in [6.45, 7) is 7.43. The molecule has 0 radical (unpaired) electrons. The van der Waals surface area contributed by atoms with Gasteiger partial charge in [-0.05, 0) is 68.7 Å². The first-order chi connectivity index (χ1) is 13.7. The highest BCUT2D eigenvalue weighted by Crippen LogP contribution is 2.21. The number of carbonyl (C=O) groups excluding carboxylic acids is 1. The molecule has 2 aromatic carbocycles. The first-order valence-corrected chi connectivity index (χ1v) is 9.59. The Hall–Kier alpha value is -3.12. The molecule has 150 valence electrons. The molecule has 0 saturated heterocycles. The fourth-order valence-electron chi connectivity index (χ4n) is 3.11. The van der Waals surface area contributed by atoms with Gasteiger partial charge in [0.25, 0.3) is 5.56 Å². The Morgan fingerprint density at radius 2 is 1.72 bits per heavy atom. The summed E-state index contributed by atoms with van der Waals surface area (Å²) in [6, 6.07) is 12.6. The smallest absolute Gasteiger partial charge is 0.255 e. The summed E-state index contributed by atoms with van der Waals surface area (Å²) in [5, 5.41) is 6.51. The number of halogens is 1. The third kappa shape index (κ3) is 5.23. The Bertz CT molecular complexity index is 1120. The van der Waals surface area contributed by atoms with E-state index in [9.17, 15) is 9.59 Å². The van der Waals surface area contributed by atoms with Gasteiger partial charge in [-0.25, -0.2) is 4.98 Å². The summed E-state index contributed by atoms with van der Waals surface area (Å²) in [7, 11) is 0. The summed E-state index contributed by atoms with van der Waals surface area (Å²) < 4.78 is 1.32. The first-order valence-electron chi connectivity index (χ1n) is 9.21. The zero-order valence-electron chi connectivity index (χ0n) is 16.8. The third-order valence-corrected chi connectivity index (χ3v) is 4.62. The van der Waals surface area contributed by atoms with E-state index in [4.69, 9.17) is 11.6 Å². The molecule has 1 amide bonds. The molecule has 29 heavy (non-hydrogen) atoms. The third-order valence-electron chi connectivity index (χ3n) is 4.39. The average Bonchev–Trinajstić information content (AvgIpc) is 2.60. The van der Waals surface area contributed by atoms with Gasteiger partial charge in [-0.1, -0.05) is 23.7 Å². The lowest BCUT2D eigenvalue weighted by Gasteiger charge is -2.15. The van der Waals surface area contributed by atoms with Crippen LogP contribution in [0.4, 0.5) is 17.3 Å². The maximum atomic E-state index is 12.6. The van der Waals surface area contributed by atoms with Crippen LogP contribution in [-0.4, -0.2) is 15.5 Å². The van der Waals surface area contributed by atoms with Crippen molar-refractivity contribution >= 4 is 34.8 Å². The van der Waals surface area contributed by atoms with Gasteiger partial charge in [0.15, 0.2) is 0 Å². The molecular weight excluding hydrogens is 388 g/mol.